The van der Waals surface area contributed by atoms with Gasteiger partial charge in [-0.05, 0) is 32.9 Å². The van der Waals surface area contributed by atoms with Crippen LogP contribution in [0.15, 0.2) is 28.7 Å². The molecule has 112 valence electrons. The van der Waals surface area contributed by atoms with Crippen molar-refractivity contribution in [2.45, 2.75) is 27.2 Å². The molecule has 0 bridgehead atoms. The second-order valence-corrected chi connectivity index (χ2v) is 4.79. The minimum atomic E-state index is -0.405. The normalized spacial score (nSPS) is 10.4. The van der Waals surface area contributed by atoms with E-state index in [4.69, 9.17) is 9.15 Å². The highest BCUT2D eigenvalue weighted by molar-refractivity contribution is 5.67. The lowest BCUT2D eigenvalue weighted by Crippen LogP contribution is -2.26. The van der Waals surface area contributed by atoms with Crippen LogP contribution in [0, 0.1) is 13.8 Å². The molecule has 0 aliphatic heterocycles. The molecule has 0 saturated carbocycles. The van der Waals surface area contributed by atoms with Gasteiger partial charge in [-0.3, -0.25) is 0 Å². The van der Waals surface area contributed by atoms with Gasteiger partial charge in [0.1, 0.15) is 5.76 Å². The predicted molar refractivity (Wildman–Crippen MR) is 80.1 cm³/mol. The Balaban J connectivity index is 1.99. The number of ether oxygens (including phenoxy) is 1. The smallest absolute Gasteiger partial charge is 0.407 e. The van der Waals surface area contributed by atoms with Gasteiger partial charge in [0.25, 0.3) is 0 Å². The third kappa shape index (κ3) is 4.08. The van der Waals surface area contributed by atoms with Crippen molar-refractivity contribution in [3.8, 4) is 11.5 Å². The number of aryl methyl sites for hydroxylation is 2. The molecule has 0 radical (unpaired) electrons. The van der Waals surface area contributed by atoms with Crippen molar-refractivity contribution in [3.05, 3.63) is 41.3 Å². The first-order chi connectivity index (χ1) is 10.1. The molecule has 1 aromatic carbocycles. The number of hydrogen-bond acceptors (Lipinski definition) is 4. The molecule has 1 heterocycles. The van der Waals surface area contributed by atoms with E-state index in [1.807, 2.05) is 38.1 Å². The second-order valence-electron chi connectivity index (χ2n) is 4.79. The third-order valence-electron chi connectivity index (χ3n) is 3.10. The zero-order valence-corrected chi connectivity index (χ0v) is 12.6. The Hall–Kier alpha value is -2.30. The number of benzene rings is 1. The van der Waals surface area contributed by atoms with Crippen LogP contribution in [-0.4, -0.2) is 24.2 Å². The van der Waals surface area contributed by atoms with Crippen LogP contribution in [-0.2, 0) is 11.2 Å². The summed E-state index contributed by atoms with van der Waals surface area (Å²) >= 11 is 0. The highest BCUT2D eigenvalue weighted by Crippen LogP contribution is 2.22. The quantitative estimate of drug-likeness (QED) is 0.917. The summed E-state index contributed by atoms with van der Waals surface area (Å²) in [4.78, 5) is 15.7. The van der Waals surface area contributed by atoms with Crippen molar-refractivity contribution in [2.75, 3.05) is 13.2 Å². The summed E-state index contributed by atoms with van der Waals surface area (Å²) in [5, 5.41) is 2.67. The fourth-order valence-electron chi connectivity index (χ4n) is 1.94. The van der Waals surface area contributed by atoms with E-state index in [0.29, 0.717) is 25.5 Å². The summed E-state index contributed by atoms with van der Waals surface area (Å²) in [6.45, 7) is 6.53. The number of carbonyl (C=O) groups is 1. The van der Waals surface area contributed by atoms with Crippen LogP contribution in [0.25, 0.3) is 11.5 Å². The van der Waals surface area contributed by atoms with Gasteiger partial charge in [0.05, 0.1) is 12.3 Å². The van der Waals surface area contributed by atoms with E-state index < -0.39 is 6.09 Å². The van der Waals surface area contributed by atoms with Crippen LogP contribution >= 0.6 is 0 Å². The first-order valence-electron chi connectivity index (χ1n) is 7.04. The molecule has 0 atom stereocenters. The number of oxazole rings is 1. The topological polar surface area (TPSA) is 64.4 Å². The van der Waals surface area contributed by atoms with E-state index in [1.165, 1.54) is 5.56 Å². The number of amides is 1. The summed E-state index contributed by atoms with van der Waals surface area (Å²) < 4.78 is 10.5. The van der Waals surface area contributed by atoms with Gasteiger partial charge in [-0.2, -0.15) is 0 Å². The van der Waals surface area contributed by atoms with E-state index in [9.17, 15) is 4.79 Å². The van der Waals surface area contributed by atoms with E-state index in [2.05, 4.69) is 10.3 Å². The molecule has 0 spiro atoms. The maximum absolute atomic E-state index is 11.2. The minimum Gasteiger partial charge on any atom is -0.450 e. The molecule has 5 nitrogen and oxygen atoms in total. The van der Waals surface area contributed by atoms with Crippen LogP contribution < -0.4 is 5.32 Å². The van der Waals surface area contributed by atoms with Crippen LogP contribution in [0.3, 0.4) is 0 Å². The number of rotatable bonds is 5. The van der Waals surface area contributed by atoms with Gasteiger partial charge >= 0.3 is 6.09 Å². The number of hydrogen-bond donors (Lipinski definition) is 1. The summed E-state index contributed by atoms with van der Waals surface area (Å²) in [5.74, 6) is 1.38. The molecule has 2 rings (SSSR count). The number of nitrogens with zero attached hydrogens (tertiary/aromatic N) is 1. The lowest BCUT2D eigenvalue weighted by Gasteiger charge is -2.03. The van der Waals surface area contributed by atoms with Gasteiger partial charge in [0, 0.05) is 18.5 Å². The van der Waals surface area contributed by atoms with Gasteiger partial charge in [-0.15, -0.1) is 0 Å². The molecule has 1 aromatic heterocycles. The van der Waals surface area contributed by atoms with Gasteiger partial charge in [-0.1, -0.05) is 17.7 Å². The first-order valence-corrected chi connectivity index (χ1v) is 7.04. The SMILES string of the molecule is CCOC(=O)NCCc1nc(-c2ccc(C)cc2)oc1C. The lowest BCUT2D eigenvalue weighted by atomic mass is 10.1. The summed E-state index contributed by atoms with van der Waals surface area (Å²) in [7, 11) is 0. The zero-order chi connectivity index (χ0) is 15.2. The van der Waals surface area contributed by atoms with Gasteiger partial charge in [0.15, 0.2) is 0 Å². The molecule has 0 saturated heterocycles. The molecule has 0 aliphatic rings. The standard InChI is InChI=1S/C16H20N2O3/c1-4-20-16(19)17-10-9-14-12(3)21-15(18-14)13-7-5-11(2)6-8-13/h5-8H,4,9-10H2,1-3H3,(H,17,19). The molecule has 2 aromatic rings. The zero-order valence-electron chi connectivity index (χ0n) is 12.6. The van der Waals surface area contributed by atoms with Crippen molar-refractivity contribution in [1.29, 1.82) is 0 Å². The molecule has 5 heteroatoms. The monoisotopic (exact) mass is 288 g/mol. The van der Waals surface area contributed by atoms with Crippen molar-refractivity contribution in [2.24, 2.45) is 0 Å². The average Bonchev–Trinajstić information content (AvgIpc) is 2.81. The fraction of sp³-hybridized carbons (Fsp3) is 0.375. The Bertz CT molecular complexity index is 602. The second kappa shape index (κ2) is 6.92. The first kappa shape index (κ1) is 15.1. The third-order valence-corrected chi connectivity index (χ3v) is 3.10. The van der Waals surface area contributed by atoms with Crippen molar-refractivity contribution in [3.63, 3.8) is 0 Å². The lowest BCUT2D eigenvalue weighted by molar-refractivity contribution is 0.152. The van der Waals surface area contributed by atoms with Gasteiger partial charge in [0.2, 0.25) is 5.89 Å². The maximum Gasteiger partial charge on any atom is 0.407 e. The Morgan fingerprint density at radius 3 is 2.67 bits per heavy atom. The van der Waals surface area contributed by atoms with Crippen LogP contribution in [0.4, 0.5) is 4.79 Å². The predicted octanol–water partition coefficient (Wildman–Crippen LogP) is 3.25. The van der Waals surface area contributed by atoms with Crippen molar-refractivity contribution < 1.29 is 13.9 Å². The molecular formula is C16H20N2O3. The maximum atomic E-state index is 11.2. The molecule has 0 unspecified atom stereocenters. The summed E-state index contributed by atoms with van der Waals surface area (Å²) in [6.07, 6.45) is 0.206. The van der Waals surface area contributed by atoms with E-state index in [0.717, 1.165) is 17.0 Å². The number of alkyl carbamates (subject to hydrolysis) is 1. The van der Waals surface area contributed by atoms with Gasteiger partial charge < -0.3 is 14.5 Å². The van der Waals surface area contributed by atoms with E-state index in [-0.39, 0.29) is 0 Å². The number of nitrogens with one attached hydrogen (secondary N) is 1. The average molecular weight is 288 g/mol. The molecular weight excluding hydrogens is 268 g/mol. The molecule has 1 N–H and O–H groups in total. The largest absolute Gasteiger partial charge is 0.450 e. The highest BCUT2D eigenvalue weighted by Gasteiger charge is 2.11. The minimum absolute atomic E-state index is 0.367. The Morgan fingerprint density at radius 1 is 1.29 bits per heavy atom. The highest BCUT2D eigenvalue weighted by atomic mass is 16.5. The van der Waals surface area contributed by atoms with Crippen molar-refractivity contribution in [1.82, 2.24) is 10.3 Å². The molecule has 21 heavy (non-hydrogen) atoms. The Kier molecular flexibility index (Phi) is 4.98. The number of carbonyl (C=O) groups excluding carboxylic acids is 1. The van der Waals surface area contributed by atoms with Crippen LogP contribution in [0.2, 0.25) is 0 Å². The van der Waals surface area contributed by atoms with Crippen molar-refractivity contribution >= 4 is 6.09 Å². The van der Waals surface area contributed by atoms with Crippen LogP contribution in [0.5, 0.6) is 0 Å². The Morgan fingerprint density at radius 2 is 2.00 bits per heavy atom. The number of aromatic nitrogens is 1. The van der Waals surface area contributed by atoms with Gasteiger partial charge in [-0.25, -0.2) is 9.78 Å². The Labute approximate surface area is 124 Å². The summed E-state index contributed by atoms with van der Waals surface area (Å²) in [6, 6.07) is 8.02. The van der Waals surface area contributed by atoms with E-state index in [1.54, 1.807) is 6.92 Å². The van der Waals surface area contributed by atoms with E-state index >= 15 is 0 Å². The molecule has 0 aliphatic carbocycles. The fourth-order valence-corrected chi connectivity index (χ4v) is 1.94. The van der Waals surface area contributed by atoms with Crippen LogP contribution in [0.1, 0.15) is 23.9 Å². The summed E-state index contributed by atoms with van der Waals surface area (Å²) in [5.41, 5.74) is 3.00. The molecule has 1 amide bonds. The molecule has 0 fully saturated rings.